The number of methoxy groups -OCH3 is 1. The van der Waals surface area contributed by atoms with E-state index in [1.165, 1.54) is 17.4 Å². The molecule has 0 saturated carbocycles. The van der Waals surface area contributed by atoms with Gasteiger partial charge in [-0.2, -0.15) is 0 Å². The predicted octanol–water partition coefficient (Wildman–Crippen LogP) is 4.81. The largest absolute Gasteiger partial charge is 0.489 e. The zero-order valence-electron chi connectivity index (χ0n) is 20.0. The third-order valence-electron chi connectivity index (χ3n) is 5.95. The van der Waals surface area contributed by atoms with Crippen LogP contribution in [0.5, 0.6) is 5.75 Å². The first kappa shape index (κ1) is 23.8. The van der Waals surface area contributed by atoms with E-state index in [-0.39, 0.29) is 17.9 Å². The van der Waals surface area contributed by atoms with Crippen molar-refractivity contribution in [1.29, 1.82) is 0 Å². The van der Waals surface area contributed by atoms with Crippen LogP contribution < -0.4 is 20.7 Å². The Bertz CT molecular complexity index is 1500. The van der Waals surface area contributed by atoms with Gasteiger partial charge in [-0.05, 0) is 55.5 Å². The van der Waals surface area contributed by atoms with Gasteiger partial charge in [-0.3, -0.25) is 9.59 Å². The fraction of sp³-hybridized carbons (Fsp3) is 0.222. The number of aromatic nitrogens is 1. The number of carbonyl (C=O) groups is 2. The first-order valence-corrected chi connectivity index (χ1v) is 12.4. The minimum atomic E-state index is -0.332. The molecule has 0 bridgehead atoms. The number of pyridine rings is 1. The van der Waals surface area contributed by atoms with Crippen LogP contribution in [0.25, 0.3) is 32.2 Å². The first-order valence-electron chi connectivity index (χ1n) is 11.6. The summed E-state index contributed by atoms with van der Waals surface area (Å²) < 4.78 is 11.9. The Labute approximate surface area is 212 Å². The number of thiophene rings is 1. The fourth-order valence-electron chi connectivity index (χ4n) is 4.22. The van der Waals surface area contributed by atoms with Crippen LogP contribution >= 0.6 is 11.3 Å². The Balaban J connectivity index is 1.56. The zero-order valence-corrected chi connectivity index (χ0v) is 20.8. The van der Waals surface area contributed by atoms with E-state index in [9.17, 15) is 9.59 Å². The second-order valence-corrected chi connectivity index (χ2v) is 9.56. The topological polar surface area (TPSA) is 102 Å². The van der Waals surface area contributed by atoms with Crippen LogP contribution in [-0.4, -0.2) is 49.7 Å². The van der Waals surface area contributed by atoms with Crippen molar-refractivity contribution in [2.75, 3.05) is 37.5 Å². The van der Waals surface area contributed by atoms with Crippen molar-refractivity contribution in [1.82, 2.24) is 10.3 Å². The van der Waals surface area contributed by atoms with Gasteiger partial charge >= 0.3 is 0 Å². The van der Waals surface area contributed by atoms with Crippen LogP contribution in [0.1, 0.15) is 16.6 Å². The monoisotopic (exact) mass is 502 g/mol. The molecule has 2 amide bonds. The average molecular weight is 503 g/mol. The lowest BCUT2D eigenvalue weighted by atomic mass is 10.1. The SMILES string of the molecule is C=CC(=O)Nc1cc(-c2ccc3c(ccc4sc5c(c43)NCC(C)NC5=O)n2)ccc1OCCOC. The lowest BCUT2D eigenvalue weighted by Gasteiger charge is -2.14. The summed E-state index contributed by atoms with van der Waals surface area (Å²) in [6, 6.07) is 13.6. The number of anilines is 2. The molecule has 4 aromatic rings. The third kappa shape index (κ3) is 4.50. The summed E-state index contributed by atoms with van der Waals surface area (Å²) in [5.74, 6) is 0.151. The lowest BCUT2D eigenvalue weighted by molar-refractivity contribution is -0.111. The van der Waals surface area contributed by atoms with Crippen molar-refractivity contribution in [2.45, 2.75) is 13.0 Å². The Kier molecular flexibility index (Phi) is 6.58. The maximum atomic E-state index is 12.7. The number of benzene rings is 2. The molecule has 0 spiro atoms. The first-order chi connectivity index (χ1) is 17.5. The van der Waals surface area contributed by atoms with Crippen molar-refractivity contribution in [3.8, 4) is 17.0 Å². The number of nitrogens with zero attached hydrogens (tertiary/aromatic N) is 1. The summed E-state index contributed by atoms with van der Waals surface area (Å²) in [5.41, 5.74) is 3.78. The highest BCUT2D eigenvalue weighted by Gasteiger charge is 2.24. The van der Waals surface area contributed by atoms with Crippen molar-refractivity contribution in [2.24, 2.45) is 0 Å². The zero-order chi connectivity index (χ0) is 25.2. The summed E-state index contributed by atoms with van der Waals surface area (Å²) in [6.07, 6.45) is 1.21. The number of amides is 2. The molecule has 1 aliphatic heterocycles. The molecule has 5 rings (SSSR count). The Morgan fingerprint density at radius 3 is 2.92 bits per heavy atom. The van der Waals surface area contributed by atoms with E-state index in [2.05, 4.69) is 22.5 Å². The molecule has 3 heterocycles. The van der Waals surface area contributed by atoms with Gasteiger partial charge in [0.05, 0.1) is 29.2 Å². The smallest absolute Gasteiger partial charge is 0.263 e. The fourth-order valence-corrected chi connectivity index (χ4v) is 5.32. The summed E-state index contributed by atoms with van der Waals surface area (Å²) in [5, 5.41) is 11.3. The molecule has 1 atom stereocenters. The summed E-state index contributed by atoms with van der Waals surface area (Å²) in [6.45, 7) is 6.95. The Morgan fingerprint density at radius 2 is 2.11 bits per heavy atom. The number of nitrogens with one attached hydrogen (secondary N) is 3. The molecule has 0 saturated heterocycles. The molecule has 2 aromatic carbocycles. The average Bonchev–Trinajstić information content (AvgIpc) is 3.20. The number of fused-ring (bicyclic) bond motifs is 5. The van der Waals surface area contributed by atoms with Gasteiger partial charge in [0.25, 0.3) is 5.91 Å². The molecule has 9 heteroatoms. The molecule has 1 unspecified atom stereocenters. The molecule has 36 heavy (non-hydrogen) atoms. The van der Waals surface area contributed by atoms with E-state index < -0.39 is 0 Å². The van der Waals surface area contributed by atoms with Crippen LogP contribution in [0.4, 0.5) is 11.4 Å². The minimum absolute atomic E-state index is 0.0454. The Hall–Kier alpha value is -3.95. The van der Waals surface area contributed by atoms with E-state index >= 15 is 0 Å². The molecule has 0 radical (unpaired) electrons. The number of hydrogen-bond donors (Lipinski definition) is 3. The second kappa shape index (κ2) is 9.96. The van der Waals surface area contributed by atoms with Crippen LogP contribution in [0.2, 0.25) is 0 Å². The van der Waals surface area contributed by atoms with Crippen LogP contribution in [0, 0.1) is 0 Å². The third-order valence-corrected chi connectivity index (χ3v) is 7.11. The van der Waals surface area contributed by atoms with Gasteiger partial charge in [0.2, 0.25) is 5.91 Å². The van der Waals surface area contributed by atoms with Crippen LogP contribution in [0.15, 0.2) is 55.1 Å². The van der Waals surface area contributed by atoms with Gasteiger partial charge in [-0.1, -0.05) is 6.58 Å². The summed E-state index contributed by atoms with van der Waals surface area (Å²) in [4.78, 5) is 30.3. The van der Waals surface area contributed by atoms with E-state index in [4.69, 9.17) is 14.5 Å². The standard InChI is InChI=1S/C27H26N4O4S/c1-4-23(32)31-20-13-16(5-9-21(20)35-12-11-34-3)18-7-6-17-19(30-18)8-10-22-24(17)25-26(36-22)27(33)29-15(2)14-28-25/h4-10,13,15,28H,1,11-12,14H2,2-3H3,(H,29,33)(H,31,32). The summed E-state index contributed by atoms with van der Waals surface area (Å²) in [7, 11) is 1.60. The maximum absolute atomic E-state index is 12.7. The van der Waals surface area contributed by atoms with Gasteiger partial charge in [0.15, 0.2) is 0 Å². The number of carbonyl (C=O) groups excluding carboxylic acids is 2. The molecule has 0 fully saturated rings. The number of hydrogen-bond acceptors (Lipinski definition) is 7. The molecule has 2 aromatic heterocycles. The van der Waals surface area contributed by atoms with E-state index in [0.29, 0.717) is 36.1 Å². The highest BCUT2D eigenvalue weighted by molar-refractivity contribution is 7.21. The normalized spacial score (nSPS) is 15.1. The van der Waals surface area contributed by atoms with Crippen LogP contribution in [-0.2, 0) is 9.53 Å². The molecule has 184 valence electrons. The van der Waals surface area contributed by atoms with Gasteiger partial charge in [-0.25, -0.2) is 4.98 Å². The van der Waals surface area contributed by atoms with Gasteiger partial charge < -0.3 is 25.4 Å². The van der Waals surface area contributed by atoms with Crippen molar-refractivity contribution in [3.05, 3.63) is 60.0 Å². The lowest BCUT2D eigenvalue weighted by Crippen LogP contribution is -2.34. The molecule has 3 N–H and O–H groups in total. The van der Waals surface area contributed by atoms with Crippen LogP contribution in [0.3, 0.4) is 0 Å². The highest BCUT2D eigenvalue weighted by Crippen LogP contribution is 2.41. The second-order valence-electron chi connectivity index (χ2n) is 8.51. The van der Waals surface area contributed by atoms with E-state index in [0.717, 1.165) is 37.9 Å². The number of ether oxygens (including phenoxy) is 2. The quantitative estimate of drug-likeness (QED) is 0.248. The number of rotatable bonds is 7. The molecular formula is C27H26N4O4S. The molecule has 1 aliphatic rings. The maximum Gasteiger partial charge on any atom is 0.263 e. The predicted molar refractivity (Wildman–Crippen MR) is 144 cm³/mol. The van der Waals surface area contributed by atoms with E-state index in [1.807, 2.05) is 43.3 Å². The Morgan fingerprint density at radius 1 is 1.25 bits per heavy atom. The molecular weight excluding hydrogens is 476 g/mol. The van der Waals surface area contributed by atoms with E-state index in [1.54, 1.807) is 13.2 Å². The highest BCUT2D eigenvalue weighted by atomic mass is 32.1. The van der Waals surface area contributed by atoms with Gasteiger partial charge in [0.1, 0.15) is 17.2 Å². The molecule has 0 aliphatic carbocycles. The van der Waals surface area contributed by atoms with Crippen molar-refractivity contribution >= 4 is 55.5 Å². The van der Waals surface area contributed by atoms with Crippen molar-refractivity contribution in [3.63, 3.8) is 0 Å². The molecule has 8 nitrogen and oxygen atoms in total. The van der Waals surface area contributed by atoms with Crippen molar-refractivity contribution < 1.29 is 19.1 Å². The van der Waals surface area contributed by atoms with Gasteiger partial charge in [0, 0.05) is 40.7 Å². The summed E-state index contributed by atoms with van der Waals surface area (Å²) >= 11 is 1.48. The van der Waals surface area contributed by atoms with Gasteiger partial charge in [-0.15, -0.1) is 11.3 Å². The minimum Gasteiger partial charge on any atom is -0.489 e.